The van der Waals surface area contributed by atoms with E-state index in [-0.39, 0.29) is 5.91 Å². The summed E-state index contributed by atoms with van der Waals surface area (Å²) in [6, 6.07) is 7.87. The zero-order valence-electron chi connectivity index (χ0n) is 14.4. The number of benzene rings is 1. The topological polar surface area (TPSA) is 60.5 Å². The molecule has 0 fully saturated rings. The molecule has 0 bridgehead atoms. The summed E-state index contributed by atoms with van der Waals surface area (Å²) in [5.41, 5.74) is 1.93. The Hall–Kier alpha value is -1.92. The zero-order valence-corrected chi connectivity index (χ0v) is 15.2. The van der Waals surface area contributed by atoms with E-state index in [1.54, 1.807) is 0 Å². The number of carbonyl (C=O) groups is 1. The summed E-state index contributed by atoms with van der Waals surface area (Å²) in [7, 11) is 0. The van der Waals surface area contributed by atoms with Crippen molar-refractivity contribution in [2.45, 2.75) is 33.8 Å². The van der Waals surface area contributed by atoms with E-state index >= 15 is 0 Å². The van der Waals surface area contributed by atoms with Crippen LogP contribution >= 0.6 is 11.3 Å². The Bertz CT molecular complexity index is 653. The minimum atomic E-state index is -0.0805. The third-order valence-electron chi connectivity index (χ3n) is 3.39. The molecule has 24 heavy (non-hydrogen) atoms. The zero-order chi connectivity index (χ0) is 17.4. The maximum Gasteiger partial charge on any atom is 0.263 e. The molecule has 2 rings (SSSR count). The van der Waals surface area contributed by atoms with Crippen LogP contribution in [0.3, 0.4) is 0 Å². The lowest BCUT2D eigenvalue weighted by atomic mass is 10.2. The van der Waals surface area contributed by atoms with Gasteiger partial charge >= 0.3 is 0 Å². The molecule has 130 valence electrons. The van der Waals surface area contributed by atoms with Crippen molar-refractivity contribution < 1.29 is 14.3 Å². The van der Waals surface area contributed by atoms with Crippen LogP contribution in [-0.2, 0) is 11.3 Å². The Morgan fingerprint density at radius 3 is 2.71 bits per heavy atom. The number of nitrogens with one attached hydrogen (secondary N) is 1. The van der Waals surface area contributed by atoms with Gasteiger partial charge in [0.05, 0.1) is 5.69 Å². The Labute approximate surface area is 147 Å². The molecule has 1 amide bonds. The van der Waals surface area contributed by atoms with Crippen LogP contribution < -0.4 is 10.1 Å². The lowest BCUT2D eigenvalue weighted by Crippen LogP contribution is -2.25. The highest BCUT2D eigenvalue weighted by molar-refractivity contribution is 7.13. The van der Waals surface area contributed by atoms with Crippen molar-refractivity contribution in [3.05, 3.63) is 45.4 Å². The van der Waals surface area contributed by atoms with Crippen LogP contribution in [0, 0.1) is 13.8 Å². The first kappa shape index (κ1) is 18.4. The van der Waals surface area contributed by atoms with Crippen molar-refractivity contribution in [1.82, 2.24) is 10.3 Å². The molecule has 5 nitrogen and oxygen atoms in total. The second kappa shape index (κ2) is 9.39. The molecule has 0 spiro atoms. The Morgan fingerprint density at radius 1 is 1.25 bits per heavy atom. The summed E-state index contributed by atoms with van der Waals surface area (Å²) in [5, 5.41) is 3.70. The Morgan fingerprint density at radius 2 is 2.00 bits per heavy atom. The van der Waals surface area contributed by atoms with E-state index in [0.717, 1.165) is 22.9 Å². The van der Waals surface area contributed by atoms with Crippen molar-refractivity contribution in [2.24, 2.45) is 0 Å². The summed E-state index contributed by atoms with van der Waals surface area (Å²) in [6.45, 7) is 8.17. The van der Waals surface area contributed by atoms with Gasteiger partial charge in [0.1, 0.15) is 22.2 Å². The van der Waals surface area contributed by atoms with Gasteiger partial charge in [0.15, 0.2) is 0 Å². The summed E-state index contributed by atoms with van der Waals surface area (Å²) in [5.74, 6) is 0.721. The molecule has 0 aliphatic carbocycles. The van der Waals surface area contributed by atoms with Crippen LogP contribution in [0.5, 0.6) is 5.75 Å². The van der Waals surface area contributed by atoms with Crippen LogP contribution in [0.2, 0.25) is 0 Å². The van der Waals surface area contributed by atoms with E-state index in [1.807, 2.05) is 45.0 Å². The van der Waals surface area contributed by atoms with Gasteiger partial charge in [-0.3, -0.25) is 4.79 Å². The first-order valence-corrected chi connectivity index (χ1v) is 8.93. The average molecular weight is 348 g/mol. The molecule has 0 atom stereocenters. The number of amides is 1. The van der Waals surface area contributed by atoms with Crippen LogP contribution in [0.1, 0.15) is 39.3 Å². The molecular formula is C18H24N2O3S. The highest BCUT2D eigenvalue weighted by Gasteiger charge is 2.15. The molecular weight excluding hydrogens is 324 g/mol. The van der Waals surface area contributed by atoms with Crippen molar-refractivity contribution in [1.29, 1.82) is 0 Å². The number of carbonyl (C=O) groups excluding carboxylic acids is 1. The highest BCUT2D eigenvalue weighted by atomic mass is 32.1. The van der Waals surface area contributed by atoms with Crippen LogP contribution in [0.25, 0.3) is 0 Å². The lowest BCUT2D eigenvalue weighted by Gasteiger charge is -2.04. The normalized spacial score (nSPS) is 10.6. The van der Waals surface area contributed by atoms with E-state index in [0.29, 0.717) is 31.2 Å². The molecule has 0 saturated carbocycles. The summed E-state index contributed by atoms with van der Waals surface area (Å²) < 4.78 is 11.0. The predicted molar refractivity (Wildman–Crippen MR) is 95.8 cm³/mol. The summed E-state index contributed by atoms with van der Waals surface area (Å²) >= 11 is 1.38. The summed E-state index contributed by atoms with van der Waals surface area (Å²) in [4.78, 5) is 17.3. The molecule has 0 aliphatic heterocycles. The number of thiazole rings is 1. The van der Waals surface area contributed by atoms with Crippen molar-refractivity contribution in [3.8, 4) is 5.75 Å². The highest BCUT2D eigenvalue weighted by Crippen LogP contribution is 2.20. The minimum absolute atomic E-state index is 0.0805. The fourth-order valence-electron chi connectivity index (χ4n) is 2.11. The van der Waals surface area contributed by atoms with Gasteiger partial charge in [-0.1, -0.05) is 17.7 Å². The number of rotatable bonds is 9. The van der Waals surface area contributed by atoms with E-state index in [2.05, 4.69) is 10.3 Å². The van der Waals surface area contributed by atoms with Crippen molar-refractivity contribution in [3.63, 3.8) is 0 Å². The number of aryl methyl sites for hydroxylation is 2. The van der Waals surface area contributed by atoms with Gasteiger partial charge in [0.2, 0.25) is 0 Å². The number of ether oxygens (including phenoxy) is 2. The fourth-order valence-corrected chi connectivity index (χ4v) is 3.00. The molecule has 0 aliphatic rings. The van der Waals surface area contributed by atoms with Gasteiger partial charge < -0.3 is 14.8 Å². The number of hydrogen-bond acceptors (Lipinski definition) is 5. The van der Waals surface area contributed by atoms with Crippen LogP contribution in [-0.4, -0.2) is 30.6 Å². The van der Waals surface area contributed by atoms with Gasteiger partial charge in [-0.15, -0.1) is 11.3 Å². The Kier molecular flexibility index (Phi) is 7.21. The monoisotopic (exact) mass is 348 g/mol. The lowest BCUT2D eigenvalue weighted by molar-refractivity contribution is 0.0947. The SMILES string of the molecule is CCOCCCNC(=O)c1sc(COc2ccc(C)cc2)nc1C. The predicted octanol–water partition coefficient (Wildman–Crippen LogP) is 3.50. The van der Waals surface area contributed by atoms with Crippen molar-refractivity contribution >= 4 is 17.2 Å². The largest absolute Gasteiger partial charge is 0.486 e. The van der Waals surface area contributed by atoms with E-state index in [4.69, 9.17) is 9.47 Å². The molecule has 1 heterocycles. The maximum absolute atomic E-state index is 12.2. The average Bonchev–Trinajstić information content (AvgIpc) is 2.95. The Balaban J connectivity index is 1.84. The van der Waals surface area contributed by atoms with Gasteiger partial charge in [0.25, 0.3) is 5.91 Å². The molecule has 1 aromatic carbocycles. The second-order valence-electron chi connectivity index (χ2n) is 5.43. The first-order chi connectivity index (χ1) is 11.6. The second-order valence-corrected chi connectivity index (χ2v) is 6.51. The molecule has 6 heteroatoms. The molecule has 1 aromatic heterocycles. The van der Waals surface area contributed by atoms with Crippen LogP contribution in [0.15, 0.2) is 24.3 Å². The number of hydrogen-bond donors (Lipinski definition) is 1. The summed E-state index contributed by atoms with van der Waals surface area (Å²) in [6.07, 6.45) is 0.806. The third-order valence-corrected chi connectivity index (χ3v) is 4.52. The molecule has 0 saturated heterocycles. The van der Waals surface area contributed by atoms with Gasteiger partial charge in [-0.2, -0.15) is 0 Å². The number of aromatic nitrogens is 1. The van der Waals surface area contributed by atoms with Crippen LogP contribution in [0.4, 0.5) is 0 Å². The van der Waals surface area contributed by atoms with Gasteiger partial charge in [-0.05, 0) is 39.3 Å². The molecule has 1 N–H and O–H groups in total. The van der Waals surface area contributed by atoms with E-state index < -0.39 is 0 Å². The first-order valence-electron chi connectivity index (χ1n) is 8.12. The minimum Gasteiger partial charge on any atom is -0.486 e. The van der Waals surface area contributed by atoms with E-state index in [9.17, 15) is 4.79 Å². The smallest absolute Gasteiger partial charge is 0.263 e. The molecule has 2 aromatic rings. The maximum atomic E-state index is 12.2. The van der Waals surface area contributed by atoms with Crippen molar-refractivity contribution in [2.75, 3.05) is 19.8 Å². The van der Waals surface area contributed by atoms with Gasteiger partial charge in [-0.25, -0.2) is 4.98 Å². The fraction of sp³-hybridized carbons (Fsp3) is 0.444. The van der Waals surface area contributed by atoms with Gasteiger partial charge in [0, 0.05) is 19.8 Å². The molecule has 0 radical (unpaired) electrons. The third kappa shape index (κ3) is 5.62. The quantitative estimate of drug-likeness (QED) is 0.705. The standard InChI is InChI=1S/C18H24N2O3S/c1-4-22-11-5-10-19-18(21)17-14(3)20-16(24-17)12-23-15-8-6-13(2)7-9-15/h6-9H,4-5,10-12H2,1-3H3,(H,19,21). The van der Waals surface area contributed by atoms with E-state index in [1.165, 1.54) is 16.9 Å². The number of nitrogens with zero attached hydrogens (tertiary/aromatic N) is 1. The molecule has 0 unspecified atom stereocenters.